The molecule has 2 bridgehead atoms. The number of pyridine rings is 1. The molecule has 11 heteroatoms. The van der Waals surface area contributed by atoms with Gasteiger partial charge in [0, 0.05) is 23.8 Å². The van der Waals surface area contributed by atoms with E-state index in [0.717, 1.165) is 12.8 Å². The van der Waals surface area contributed by atoms with Gasteiger partial charge >= 0.3 is 6.09 Å². The summed E-state index contributed by atoms with van der Waals surface area (Å²) in [5, 5.41) is 3.35. The van der Waals surface area contributed by atoms with Crippen molar-refractivity contribution in [1.29, 1.82) is 0 Å². The lowest BCUT2D eigenvalue weighted by Crippen LogP contribution is -2.57. The van der Waals surface area contributed by atoms with Crippen LogP contribution in [0.15, 0.2) is 24.3 Å². The van der Waals surface area contributed by atoms with Crippen LogP contribution in [0.3, 0.4) is 0 Å². The molecule has 3 heterocycles. The van der Waals surface area contributed by atoms with E-state index in [1.165, 1.54) is 25.0 Å². The highest BCUT2D eigenvalue weighted by Gasteiger charge is 2.51. The fourth-order valence-corrected chi connectivity index (χ4v) is 7.47. The molecule has 3 aliphatic rings. The van der Waals surface area contributed by atoms with Gasteiger partial charge in [-0.25, -0.2) is 18.6 Å². The summed E-state index contributed by atoms with van der Waals surface area (Å²) in [6.45, 7) is 8.78. The SMILES string of the molecule is CC[C@@H]1[C@@H]2CN(C(=O)[C@H](C(C)(C)C)NC(=O)O[C@@H]3CCC[C@H]3CCCCC(F)(F)c3cc4ccc(OC)cc4nc3O2)[C@@H]1C(C)=O. The van der Waals surface area contributed by atoms with Gasteiger partial charge in [-0.3, -0.25) is 9.59 Å². The molecule has 6 atom stereocenters. The van der Waals surface area contributed by atoms with Crippen molar-refractivity contribution in [2.45, 2.75) is 116 Å². The summed E-state index contributed by atoms with van der Waals surface area (Å²) < 4.78 is 49.9. The summed E-state index contributed by atoms with van der Waals surface area (Å²) in [6.07, 6.45) is 2.11. The van der Waals surface area contributed by atoms with Crippen LogP contribution in [0, 0.1) is 17.3 Å². The van der Waals surface area contributed by atoms with Gasteiger partial charge in [-0.2, -0.15) is 0 Å². The minimum absolute atomic E-state index is 0.0293. The van der Waals surface area contributed by atoms with Crippen LogP contribution in [-0.2, 0) is 20.2 Å². The third-order valence-corrected chi connectivity index (χ3v) is 9.95. The van der Waals surface area contributed by atoms with Crippen molar-refractivity contribution >= 4 is 28.7 Å². The molecule has 0 radical (unpaired) electrons. The molecular weight excluding hydrogens is 596 g/mol. The number of nitrogens with zero attached hydrogens (tertiary/aromatic N) is 2. The number of alkyl halides is 2. The Balaban J connectivity index is 1.60. The van der Waals surface area contributed by atoms with E-state index < -0.39 is 53.9 Å². The van der Waals surface area contributed by atoms with E-state index in [9.17, 15) is 14.4 Å². The average molecular weight is 644 g/mol. The van der Waals surface area contributed by atoms with Crippen molar-refractivity contribution in [1.82, 2.24) is 15.2 Å². The average Bonchev–Trinajstić information content (AvgIpc) is 3.59. The quantitative estimate of drug-likeness (QED) is 0.393. The van der Waals surface area contributed by atoms with Crippen molar-refractivity contribution in [2.24, 2.45) is 17.3 Å². The number of Topliss-reactive ketones (excluding diaryl/α,β-unsaturated/α-hetero) is 1. The third-order valence-electron chi connectivity index (χ3n) is 9.95. The van der Waals surface area contributed by atoms with Crippen molar-refractivity contribution in [3.05, 3.63) is 29.8 Å². The summed E-state index contributed by atoms with van der Waals surface area (Å²) >= 11 is 0. The van der Waals surface area contributed by atoms with E-state index in [4.69, 9.17) is 14.2 Å². The Morgan fingerprint density at radius 3 is 2.50 bits per heavy atom. The lowest BCUT2D eigenvalue weighted by atomic mass is 9.85. The van der Waals surface area contributed by atoms with Crippen LogP contribution in [0.4, 0.5) is 13.6 Å². The largest absolute Gasteiger partial charge is 0.497 e. The van der Waals surface area contributed by atoms with Crippen LogP contribution in [-0.4, -0.2) is 65.6 Å². The summed E-state index contributed by atoms with van der Waals surface area (Å²) in [6, 6.07) is 4.63. The first-order valence-electron chi connectivity index (χ1n) is 16.5. The normalized spacial score (nSPS) is 29.1. The van der Waals surface area contributed by atoms with E-state index in [1.807, 2.05) is 27.7 Å². The number of carbonyl (C=O) groups is 3. The van der Waals surface area contributed by atoms with Crippen LogP contribution in [0.2, 0.25) is 0 Å². The molecule has 1 aromatic heterocycles. The lowest BCUT2D eigenvalue weighted by Gasteiger charge is -2.35. The van der Waals surface area contributed by atoms with E-state index >= 15 is 8.78 Å². The number of halogens is 2. The topological polar surface area (TPSA) is 107 Å². The molecule has 1 N–H and O–H groups in total. The predicted molar refractivity (Wildman–Crippen MR) is 169 cm³/mol. The summed E-state index contributed by atoms with van der Waals surface area (Å²) in [7, 11) is 1.52. The standard InChI is InChI=1S/C35H47F2N3O6/c1-7-24-28-19-40(29(24)20(2)41)32(42)30(34(3,4)5)39-33(43)46-27-13-10-12-21(27)11-8-9-16-35(36,37)25-17-22-14-15-23(44-6)18-26(22)38-31(25)45-28/h14-15,17-18,21,24,27-30H,7-13,16,19H2,1-6H3,(H,39,43)/t21-,24-,27-,28+,29-,30-/m1/s1. The van der Waals surface area contributed by atoms with Crippen molar-refractivity contribution in [3.63, 3.8) is 0 Å². The lowest BCUT2D eigenvalue weighted by molar-refractivity contribution is -0.141. The number of hydrogen-bond donors (Lipinski definition) is 1. The second kappa shape index (κ2) is 13.3. The molecule has 1 aliphatic carbocycles. The van der Waals surface area contributed by atoms with E-state index in [0.29, 0.717) is 42.3 Å². The maximum absolute atomic E-state index is 16.2. The number of hydrogen-bond acceptors (Lipinski definition) is 7. The molecular formula is C35H47F2N3O6. The predicted octanol–water partition coefficient (Wildman–Crippen LogP) is 6.79. The molecule has 2 aliphatic heterocycles. The van der Waals surface area contributed by atoms with Gasteiger partial charge in [0.2, 0.25) is 11.8 Å². The van der Waals surface area contributed by atoms with Gasteiger partial charge in [-0.1, -0.05) is 34.1 Å². The highest BCUT2D eigenvalue weighted by atomic mass is 19.3. The number of carbonyl (C=O) groups excluding carboxylic acids is 3. The molecule has 1 saturated heterocycles. The number of aromatic nitrogens is 1. The van der Waals surface area contributed by atoms with Crippen molar-refractivity contribution in [2.75, 3.05) is 13.7 Å². The molecule has 0 unspecified atom stereocenters. The Labute approximate surface area is 269 Å². The Morgan fingerprint density at radius 2 is 1.83 bits per heavy atom. The Kier molecular flexibility index (Phi) is 9.80. The number of ketones is 1. The summed E-state index contributed by atoms with van der Waals surface area (Å²) in [4.78, 5) is 46.7. The molecule has 2 fully saturated rings. The molecule has 46 heavy (non-hydrogen) atoms. The molecule has 1 aromatic carbocycles. The number of methoxy groups -OCH3 is 1. The monoisotopic (exact) mass is 643 g/mol. The zero-order valence-electron chi connectivity index (χ0n) is 27.7. The van der Waals surface area contributed by atoms with Crippen molar-refractivity contribution in [3.8, 4) is 11.6 Å². The van der Waals surface area contributed by atoms with Crippen LogP contribution in [0.1, 0.15) is 91.5 Å². The van der Waals surface area contributed by atoms with Gasteiger partial charge in [0.1, 0.15) is 24.0 Å². The van der Waals surface area contributed by atoms with Gasteiger partial charge < -0.3 is 24.4 Å². The smallest absolute Gasteiger partial charge is 0.408 e. The fourth-order valence-electron chi connectivity index (χ4n) is 7.47. The number of alkyl carbamates (subject to hydrolysis) is 1. The molecule has 5 rings (SSSR count). The molecule has 0 spiro atoms. The Hall–Kier alpha value is -3.50. The Bertz CT molecular complexity index is 1460. The molecule has 1 saturated carbocycles. The van der Waals surface area contributed by atoms with E-state index in [2.05, 4.69) is 10.3 Å². The van der Waals surface area contributed by atoms with Gasteiger partial charge in [0.25, 0.3) is 5.92 Å². The first-order valence-corrected chi connectivity index (χ1v) is 16.5. The summed E-state index contributed by atoms with van der Waals surface area (Å²) in [5.41, 5.74) is -0.601. The van der Waals surface area contributed by atoms with Crippen LogP contribution >= 0.6 is 0 Å². The number of nitrogens with one attached hydrogen (secondary N) is 1. The van der Waals surface area contributed by atoms with Crippen LogP contribution in [0.5, 0.6) is 11.6 Å². The minimum Gasteiger partial charge on any atom is -0.497 e. The highest BCUT2D eigenvalue weighted by molar-refractivity contribution is 5.92. The van der Waals surface area contributed by atoms with Gasteiger partial charge in [-0.15, -0.1) is 0 Å². The number of amides is 2. The number of rotatable bonds is 3. The molecule has 2 aromatic rings. The van der Waals surface area contributed by atoms with E-state index in [-0.39, 0.29) is 42.2 Å². The number of ether oxygens (including phenoxy) is 3. The second-order valence-corrected chi connectivity index (χ2v) is 14.2. The van der Waals surface area contributed by atoms with Gasteiger partial charge in [0.05, 0.1) is 30.8 Å². The van der Waals surface area contributed by atoms with E-state index in [1.54, 1.807) is 18.2 Å². The van der Waals surface area contributed by atoms with Gasteiger partial charge in [-0.05, 0) is 75.0 Å². The zero-order chi connectivity index (χ0) is 33.4. The zero-order valence-corrected chi connectivity index (χ0v) is 27.7. The maximum Gasteiger partial charge on any atom is 0.408 e. The number of benzene rings is 1. The van der Waals surface area contributed by atoms with Gasteiger partial charge in [0.15, 0.2) is 5.78 Å². The van der Waals surface area contributed by atoms with Crippen LogP contribution < -0.4 is 14.8 Å². The van der Waals surface area contributed by atoms with Crippen LogP contribution in [0.25, 0.3) is 10.9 Å². The molecule has 2 amide bonds. The maximum atomic E-state index is 16.2. The summed E-state index contributed by atoms with van der Waals surface area (Å²) in [5.74, 6) is -4.05. The number of fused-ring (bicyclic) bond motifs is 5. The molecule has 9 nitrogen and oxygen atoms in total. The van der Waals surface area contributed by atoms with Crippen molar-refractivity contribution < 1.29 is 37.4 Å². The highest BCUT2D eigenvalue weighted by Crippen LogP contribution is 2.43. The fraction of sp³-hybridized carbons (Fsp3) is 0.657. The molecule has 252 valence electrons. The third kappa shape index (κ3) is 6.93. The second-order valence-electron chi connectivity index (χ2n) is 14.2. The first kappa shape index (κ1) is 33.9. The minimum atomic E-state index is -3.25. The Morgan fingerprint density at radius 1 is 1.09 bits per heavy atom. The first-order chi connectivity index (χ1) is 21.7.